The zero-order valence-electron chi connectivity index (χ0n) is 20.6. The van der Waals surface area contributed by atoms with E-state index in [2.05, 4.69) is 10.3 Å². The summed E-state index contributed by atoms with van der Waals surface area (Å²) >= 11 is 0. The summed E-state index contributed by atoms with van der Waals surface area (Å²) in [5.74, 6) is -0.721. The van der Waals surface area contributed by atoms with Gasteiger partial charge in [0.2, 0.25) is 5.91 Å². The molecule has 2 aliphatic rings. The normalized spacial score (nSPS) is 14.8. The van der Waals surface area contributed by atoms with Crippen LogP contribution < -0.4 is 5.32 Å². The van der Waals surface area contributed by atoms with Gasteiger partial charge < -0.3 is 20.4 Å². The molecule has 0 radical (unpaired) electrons. The number of nitrogens with one attached hydrogen (secondary N) is 1. The number of rotatable bonds is 4. The molecule has 4 rings (SSSR count). The third-order valence-corrected chi connectivity index (χ3v) is 6.17. The molecule has 1 saturated heterocycles. The van der Waals surface area contributed by atoms with Crippen molar-refractivity contribution in [2.24, 2.45) is 4.99 Å². The molecule has 192 valence electrons. The van der Waals surface area contributed by atoms with Crippen LogP contribution in [0.25, 0.3) is 17.2 Å². The van der Waals surface area contributed by atoms with Gasteiger partial charge in [0.15, 0.2) is 0 Å². The predicted molar refractivity (Wildman–Crippen MR) is 138 cm³/mol. The minimum absolute atomic E-state index is 0.0120. The van der Waals surface area contributed by atoms with Gasteiger partial charge in [-0.2, -0.15) is 4.90 Å². The number of hydrogen-bond acceptors (Lipinski definition) is 5. The fourth-order valence-corrected chi connectivity index (χ4v) is 4.38. The van der Waals surface area contributed by atoms with E-state index in [0.29, 0.717) is 16.8 Å². The van der Waals surface area contributed by atoms with Gasteiger partial charge >= 0.3 is 12.2 Å². The number of amides is 4. The number of amidine groups is 1. The first-order valence-corrected chi connectivity index (χ1v) is 12.0. The van der Waals surface area contributed by atoms with E-state index in [4.69, 9.17) is 0 Å². The van der Waals surface area contributed by atoms with Crippen molar-refractivity contribution in [1.82, 2.24) is 15.1 Å². The Bertz CT molecular complexity index is 1290. The van der Waals surface area contributed by atoms with E-state index in [1.54, 1.807) is 50.3 Å². The SMILES string of the molecule is CC(C)NC(=O)C1=Cc2cc(-c3ccc(C(=O)N4CCCC4)cc3)ccc2N=C(N(C(=O)O)C(=O)O)C1. The molecule has 2 heterocycles. The molecule has 10 heteroatoms. The summed E-state index contributed by atoms with van der Waals surface area (Å²) in [6.45, 7) is 5.12. The van der Waals surface area contributed by atoms with Crippen LogP contribution in [0.2, 0.25) is 0 Å². The third-order valence-electron chi connectivity index (χ3n) is 6.17. The van der Waals surface area contributed by atoms with Crippen molar-refractivity contribution in [2.75, 3.05) is 13.1 Å². The van der Waals surface area contributed by atoms with Crippen LogP contribution in [-0.4, -0.2) is 69.0 Å². The molecule has 0 unspecified atom stereocenters. The van der Waals surface area contributed by atoms with Gasteiger partial charge in [-0.05, 0) is 68.2 Å². The Morgan fingerprint density at radius 2 is 1.57 bits per heavy atom. The van der Waals surface area contributed by atoms with E-state index in [1.165, 1.54) is 0 Å². The van der Waals surface area contributed by atoms with Gasteiger partial charge in [0.05, 0.1) is 5.69 Å². The standard InChI is InChI=1S/C27H28N4O6/c1-16(2)28-24(32)21-14-20-13-19(9-10-22(20)29-23(15-21)31(26(34)35)27(36)37)17-5-7-18(8-6-17)25(33)30-11-3-4-12-30/h5-10,13-14,16H,3-4,11-12,15H2,1-2H3,(H,28,32)(H,34,35)(H,36,37). The van der Waals surface area contributed by atoms with Crippen molar-refractivity contribution in [3.05, 3.63) is 59.2 Å². The Morgan fingerprint density at radius 3 is 2.16 bits per heavy atom. The topological polar surface area (TPSA) is 140 Å². The molecule has 1 fully saturated rings. The Hall–Kier alpha value is -4.47. The number of imide groups is 1. The molecule has 2 aromatic rings. The average molecular weight is 505 g/mol. The van der Waals surface area contributed by atoms with E-state index in [-0.39, 0.29) is 34.7 Å². The number of nitrogens with zero attached hydrogens (tertiary/aromatic N) is 3. The monoisotopic (exact) mass is 504 g/mol. The molecule has 2 aliphatic heterocycles. The van der Waals surface area contributed by atoms with Crippen molar-refractivity contribution >= 4 is 41.6 Å². The molecule has 4 amide bonds. The molecule has 0 aromatic heterocycles. The minimum atomic E-state index is -1.71. The number of carbonyl (C=O) groups is 4. The predicted octanol–water partition coefficient (Wildman–Crippen LogP) is 4.59. The van der Waals surface area contributed by atoms with Gasteiger partial charge in [-0.3, -0.25) is 9.59 Å². The highest BCUT2D eigenvalue weighted by molar-refractivity contribution is 6.14. The second-order valence-corrected chi connectivity index (χ2v) is 9.25. The fraction of sp³-hybridized carbons (Fsp3) is 0.296. The lowest BCUT2D eigenvalue weighted by Gasteiger charge is -2.17. The number of likely N-dealkylation sites (tertiary alicyclic amines) is 1. The number of hydrogen-bond donors (Lipinski definition) is 3. The molecule has 10 nitrogen and oxygen atoms in total. The summed E-state index contributed by atoms with van der Waals surface area (Å²) in [5.41, 5.74) is 3.31. The molecule has 0 spiro atoms. The largest absolute Gasteiger partial charge is 0.464 e. The van der Waals surface area contributed by atoms with Crippen LogP contribution in [0.5, 0.6) is 0 Å². The zero-order chi connectivity index (χ0) is 26.7. The molecule has 37 heavy (non-hydrogen) atoms. The number of fused-ring (bicyclic) bond motifs is 1. The van der Waals surface area contributed by atoms with Crippen LogP contribution in [0.1, 0.15) is 49.0 Å². The highest BCUT2D eigenvalue weighted by atomic mass is 16.4. The first kappa shape index (κ1) is 25.6. The number of benzene rings is 2. The smallest absolute Gasteiger partial charge is 0.422 e. The summed E-state index contributed by atoms with van der Waals surface area (Å²) in [6, 6.07) is 12.3. The second-order valence-electron chi connectivity index (χ2n) is 9.25. The van der Waals surface area contributed by atoms with Gasteiger partial charge in [0.25, 0.3) is 5.91 Å². The van der Waals surface area contributed by atoms with E-state index in [9.17, 15) is 29.4 Å². The molecule has 0 aliphatic carbocycles. The Morgan fingerprint density at radius 1 is 0.946 bits per heavy atom. The van der Waals surface area contributed by atoms with Gasteiger partial charge in [-0.25, -0.2) is 14.6 Å². The van der Waals surface area contributed by atoms with E-state index >= 15 is 0 Å². The van der Waals surface area contributed by atoms with Crippen LogP contribution >= 0.6 is 0 Å². The molecule has 0 bridgehead atoms. The lowest BCUT2D eigenvalue weighted by Crippen LogP contribution is -2.41. The number of carboxylic acid groups (broad SMARTS) is 2. The molecule has 0 atom stereocenters. The maximum Gasteiger partial charge on any atom is 0.422 e. The van der Waals surface area contributed by atoms with E-state index in [0.717, 1.165) is 37.1 Å². The van der Waals surface area contributed by atoms with Crippen LogP contribution in [0, 0.1) is 0 Å². The third kappa shape index (κ3) is 5.69. The highest BCUT2D eigenvalue weighted by Crippen LogP contribution is 2.32. The molecular formula is C27H28N4O6. The van der Waals surface area contributed by atoms with Crippen LogP contribution in [-0.2, 0) is 4.79 Å². The van der Waals surface area contributed by atoms with Crippen molar-refractivity contribution in [2.45, 2.75) is 39.2 Å². The fourth-order valence-electron chi connectivity index (χ4n) is 4.38. The number of carbonyl (C=O) groups excluding carboxylic acids is 2. The Labute approximate surface area is 213 Å². The van der Waals surface area contributed by atoms with Gasteiger partial charge in [-0.15, -0.1) is 0 Å². The highest BCUT2D eigenvalue weighted by Gasteiger charge is 2.30. The summed E-state index contributed by atoms with van der Waals surface area (Å²) in [4.78, 5) is 55.1. The van der Waals surface area contributed by atoms with Crippen LogP contribution in [0.4, 0.5) is 15.3 Å². The maximum absolute atomic E-state index is 12.9. The Kier molecular flexibility index (Phi) is 7.37. The van der Waals surface area contributed by atoms with Crippen molar-refractivity contribution < 1.29 is 29.4 Å². The van der Waals surface area contributed by atoms with Crippen molar-refractivity contribution in [3.63, 3.8) is 0 Å². The van der Waals surface area contributed by atoms with Crippen LogP contribution in [0.3, 0.4) is 0 Å². The molecule has 3 N–H and O–H groups in total. The zero-order valence-corrected chi connectivity index (χ0v) is 20.6. The lowest BCUT2D eigenvalue weighted by atomic mass is 9.99. The van der Waals surface area contributed by atoms with Gasteiger partial charge in [-0.1, -0.05) is 18.2 Å². The first-order chi connectivity index (χ1) is 17.6. The Balaban J connectivity index is 1.72. The quantitative estimate of drug-likeness (QED) is 0.556. The molecular weight excluding hydrogens is 476 g/mol. The lowest BCUT2D eigenvalue weighted by molar-refractivity contribution is -0.117. The van der Waals surface area contributed by atoms with E-state index < -0.39 is 18.1 Å². The van der Waals surface area contributed by atoms with Gasteiger partial charge in [0, 0.05) is 42.3 Å². The number of aliphatic imine (C=N–C) groups is 1. The molecule has 2 aromatic carbocycles. The van der Waals surface area contributed by atoms with Crippen molar-refractivity contribution in [1.29, 1.82) is 0 Å². The summed E-state index contributed by atoms with van der Waals surface area (Å²) in [5, 5.41) is 21.7. The summed E-state index contributed by atoms with van der Waals surface area (Å²) in [7, 11) is 0. The maximum atomic E-state index is 12.9. The van der Waals surface area contributed by atoms with Crippen molar-refractivity contribution in [3.8, 4) is 11.1 Å². The summed E-state index contributed by atoms with van der Waals surface area (Å²) < 4.78 is 0. The van der Waals surface area contributed by atoms with Gasteiger partial charge in [0.1, 0.15) is 5.84 Å². The summed E-state index contributed by atoms with van der Waals surface area (Å²) in [6.07, 6.45) is -0.0685. The average Bonchev–Trinajstić information content (AvgIpc) is 3.31. The van der Waals surface area contributed by atoms with E-state index in [1.807, 2.05) is 17.0 Å². The van der Waals surface area contributed by atoms with Crippen LogP contribution in [0.15, 0.2) is 53.0 Å². The second kappa shape index (κ2) is 10.7. The first-order valence-electron chi connectivity index (χ1n) is 12.0. The minimum Gasteiger partial charge on any atom is -0.464 e. The molecule has 0 saturated carbocycles.